The maximum Gasteiger partial charge on any atom is 0.213 e. The monoisotopic (exact) mass is 255 g/mol. The third-order valence-corrected chi connectivity index (χ3v) is 3.24. The summed E-state index contributed by atoms with van der Waals surface area (Å²) in [5.74, 6) is 1.15. The molecule has 6 nitrogen and oxygen atoms in total. The second kappa shape index (κ2) is 5.06. The molecule has 3 rings (SSSR count). The number of aryl methyl sites for hydroxylation is 2. The Kier molecular flexibility index (Phi) is 3.11. The van der Waals surface area contributed by atoms with Gasteiger partial charge in [0.05, 0.1) is 12.1 Å². The molecule has 0 fully saturated rings. The van der Waals surface area contributed by atoms with E-state index in [1.165, 1.54) is 18.4 Å². The van der Waals surface area contributed by atoms with Gasteiger partial charge in [0.15, 0.2) is 5.82 Å². The minimum atomic E-state index is 0.400. The average molecular weight is 255 g/mol. The molecule has 0 radical (unpaired) electrons. The third kappa shape index (κ3) is 2.40. The van der Waals surface area contributed by atoms with Crippen LogP contribution < -0.4 is 5.32 Å². The number of hydrogen-bond donors (Lipinski definition) is 1. The highest BCUT2D eigenvalue weighted by molar-refractivity contribution is 5.54. The molecule has 0 saturated heterocycles. The van der Waals surface area contributed by atoms with E-state index in [1.54, 1.807) is 0 Å². The predicted molar refractivity (Wildman–Crippen MR) is 67.2 cm³/mol. The van der Waals surface area contributed by atoms with E-state index in [2.05, 4.69) is 31.0 Å². The highest BCUT2D eigenvalue weighted by Gasteiger charge is 2.15. The zero-order chi connectivity index (χ0) is 13.1. The first-order valence-electron chi connectivity index (χ1n) is 6.29. The van der Waals surface area contributed by atoms with Crippen molar-refractivity contribution >= 4 is 5.82 Å². The van der Waals surface area contributed by atoms with Gasteiger partial charge < -0.3 is 9.84 Å². The zero-order valence-corrected chi connectivity index (χ0v) is 10.4. The summed E-state index contributed by atoms with van der Waals surface area (Å²) in [5.41, 5.74) is 2.87. The summed E-state index contributed by atoms with van der Waals surface area (Å²) in [5, 5.41) is 16.0. The van der Waals surface area contributed by atoms with Crippen LogP contribution in [-0.2, 0) is 19.4 Å². The summed E-state index contributed by atoms with van der Waals surface area (Å²) in [6.07, 6.45) is 5.62. The molecule has 0 atom stereocenters. The molecule has 2 heterocycles. The van der Waals surface area contributed by atoms with E-state index in [0.717, 1.165) is 25.0 Å². The van der Waals surface area contributed by atoms with Crippen LogP contribution >= 0.6 is 0 Å². The summed E-state index contributed by atoms with van der Waals surface area (Å²) in [4.78, 5) is 8.49. The van der Waals surface area contributed by atoms with Gasteiger partial charge in [0.1, 0.15) is 11.9 Å². The lowest BCUT2D eigenvalue weighted by Gasteiger charge is -2.16. The van der Waals surface area contributed by atoms with Crippen molar-refractivity contribution in [2.75, 3.05) is 5.32 Å². The van der Waals surface area contributed by atoms with Crippen molar-refractivity contribution in [3.63, 3.8) is 0 Å². The van der Waals surface area contributed by atoms with Gasteiger partial charge in [0.25, 0.3) is 0 Å². The van der Waals surface area contributed by atoms with Crippen LogP contribution in [-0.4, -0.2) is 15.1 Å². The zero-order valence-electron chi connectivity index (χ0n) is 10.4. The molecule has 0 spiro atoms. The van der Waals surface area contributed by atoms with Crippen molar-refractivity contribution in [2.24, 2.45) is 0 Å². The molecule has 96 valence electrons. The Morgan fingerprint density at radius 2 is 2.26 bits per heavy atom. The average Bonchev–Trinajstić information content (AvgIpc) is 2.97. The summed E-state index contributed by atoms with van der Waals surface area (Å²) in [6, 6.07) is 4.13. The van der Waals surface area contributed by atoms with Gasteiger partial charge in [-0.2, -0.15) is 10.2 Å². The SMILES string of the molecule is N#Cc1cc2c(nc1NCc1ncon1)CCCC2. The Bertz CT molecular complexity index is 615. The molecular weight excluding hydrogens is 242 g/mol. The Hall–Kier alpha value is -2.42. The smallest absolute Gasteiger partial charge is 0.213 e. The first-order valence-corrected chi connectivity index (χ1v) is 6.29. The lowest BCUT2D eigenvalue weighted by molar-refractivity contribution is 0.411. The fraction of sp³-hybridized carbons (Fsp3) is 0.385. The van der Waals surface area contributed by atoms with Crippen LogP contribution in [0, 0.1) is 11.3 Å². The largest absolute Gasteiger partial charge is 0.362 e. The number of fused-ring (bicyclic) bond motifs is 1. The van der Waals surface area contributed by atoms with Crippen molar-refractivity contribution in [1.82, 2.24) is 15.1 Å². The van der Waals surface area contributed by atoms with Crippen LogP contribution in [0.2, 0.25) is 0 Å². The van der Waals surface area contributed by atoms with E-state index in [-0.39, 0.29) is 0 Å². The Labute approximate surface area is 110 Å². The maximum absolute atomic E-state index is 9.20. The van der Waals surface area contributed by atoms with Gasteiger partial charge in [0, 0.05) is 5.69 Å². The van der Waals surface area contributed by atoms with Gasteiger partial charge >= 0.3 is 0 Å². The molecule has 1 aliphatic carbocycles. The van der Waals surface area contributed by atoms with Gasteiger partial charge in [-0.3, -0.25) is 0 Å². The lowest BCUT2D eigenvalue weighted by atomic mass is 9.95. The number of pyridine rings is 1. The van der Waals surface area contributed by atoms with Crippen LogP contribution in [0.15, 0.2) is 17.0 Å². The molecule has 2 aromatic heterocycles. The van der Waals surface area contributed by atoms with Gasteiger partial charge in [0.2, 0.25) is 6.39 Å². The molecule has 2 aromatic rings. The Balaban J connectivity index is 1.85. The van der Waals surface area contributed by atoms with E-state index in [1.807, 2.05) is 6.07 Å². The van der Waals surface area contributed by atoms with E-state index in [4.69, 9.17) is 0 Å². The topological polar surface area (TPSA) is 87.6 Å². The minimum Gasteiger partial charge on any atom is -0.362 e. The molecule has 0 bridgehead atoms. The Morgan fingerprint density at radius 3 is 3.05 bits per heavy atom. The minimum absolute atomic E-state index is 0.400. The first-order chi connectivity index (χ1) is 9.36. The van der Waals surface area contributed by atoms with Crippen LogP contribution in [0.25, 0.3) is 0 Å². The standard InChI is InChI=1S/C13H13N5O/c14-6-10-5-9-3-1-2-4-11(9)17-13(10)15-7-12-16-8-19-18-12/h5,8H,1-4,7H2,(H,15,17). The molecule has 6 heteroatoms. The van der Waals surface area contributed by atoms with Crippen molar-refractivity contribution in [3.8, 4) is 6.07 Å². The first kappa shape index (κ1) is 11.7. The molecule has 1 aliphatic rings. The normalized spacial score (nSPS) is 13.6. The lowest BCUT2D eigenvalue weighted by Crippen LogP contribution is -2.11. The molecule has 0 amide bonds. The van der Waals surface area contributed by atoms with Gasteiger partial charge in [-0.25, -0.2) is 4.98 Å². The quantitative estimate of drug-likeness (QED) is 0.900. The predicted octanol–water partition coefficient (Wildman–Crippen LogP) is 1.83. The summed E-state index contributed by atoms with van der Waals surface area (Å²) < 4.78 is 4.66. The molecule has 1 N–H and O–H groups in total. The highest BCUT2D eigenvalue weighted by atomic mass is 16.5. The molecule has 0 unspecified atom stereocenters. The van der Waals surface area contributed by atoms with E-state index >= 15 is 0 Å². The van der Waals surface area contributed by atoms with Crippen LogP contribution in [0.1, 0.15) is 35.5 Å². The molecule has 0 aliphatic heterocycles. The third-order valence-electron chi connectivity index (χ3n) is 3.24. The van der Waals surface area contributed by atoms with E-state index in [9.17, 15) is 5.26 Å². The fourth-order valence-corrected chi connectivity index (χ4v) is 2.29. The van der Waals surface area contributed by atoms with Gasteiger partial charge in [-0.05, 0) is 37.3 Å². The van der Waals surface area contributed by atoms with Crippen LogP contribution in [0.4, 0.5) is 5.82 Å². The van der Waals surface area contributed by atoms with Crippen molar-refractivity contribution in [2.45, 2.75) is 32.2 Å². The van der Waals surface area contributed by atoms with Gasteiger partial charge in [-0.15, -0.1) is 0 Å². The number of rotatable bonds is 3. The van der Waals surface area contributed by atoms with Crippen molar-refractivity contribution in [1.29, 1.82) is 5.26 Å². The van der Waals surface area contributed by atoms with Crippen molar-refractivity contribution in [3.05, 3.63) is 35.1 Å². The second-order valence-corrected chi connectivity index (χ2v) is 4.51. The number of nitriles is 1. The maximum atomic E-state index is 9.20. The summed E-state index contributed by atoms with van der Waals surface area (Å²) in [6.45, 7) is 0.400. The van der Waals surface area contributed by atoms with Crippen LogP contribution in [0.3, 0.4) is 0 Å². The number of nitrogens with one attached hydrogen (secondary N) is 1. The number of nitrogens with zero attached hydrogens (tertiary/aromatic N) is 4. The van der Waals surface area contributed by atoms with E-state index < -0.39 is 0 Å². The number of anilines is 1. The molecule has 0 aromatic carbocycles. The second-order valence-electron chi connectivity index (χ2n) is 4.51. The molecule has 19 heavy (non-hydrogen) atoms. The Morgan fingerprint density at radius 1 is 1.37 bits per heavy atom. The summed E-state index contributed by atoms with van der Waals surface area (Å²) >= 11 is 0. The summed E-state index contributed by atoms with van der Waals surface area (Å²) in [7, 11) is 0. The number of aromatic nitrogens is 3. The molecular formula is C13H13N5O. The number of hydrogen-bond acceptors (Lipinski definition) is 6. The van der Waals surface area contributed by atoms with Gasteiger partial charge in [-0.1, -0.05) is 5.16 Å². The van der Waals surface area contributed by atoms with Crippen molar-refractivity contribution < 1.29 is 4.52 Å². The fourth-order valence-electron chi connectivity index (χ4n) is 2.29. The van der Waals surface area contributed by atoms with Crippen LogP contribution in [0.5, 0.6) is 0 Å². The molecule has 0 saturated carbocycles. The van der Waals surface area contributed by atoms with E-state index in [0.29, 0.717) is 23.8 Å². The highest BCUT2D eigenvalue weighted by Crippen LogP contribution is 2.24.